The van der Waals surface area contributed by atoms with Gasteiger partial charge in [-0.15, -0.1) is 0 Å². The molecule has 0 saturated heterocycles. The molecule has 0 radical (unpaired) electrons. The maximum absolute atomic E-state index is 5.11. The average Bonchev–Trinajstić information content (AvgIpc) is 2.04. The molecule has 0 spiro atoms. The molecule has 0 aliphatic rings. The Hall–Kier alpha value is -0.450. The molecule has 0 saturated carbocycles. The standard InChI is InChI=1S/C8H9IO2/c1-6-4-3-5-7(10-2)8(6)11-9/h3-5H,1-2H3. The SMILES string of the molecule is COc1cccc(C)c1OI. The summed E-state index contributed by atoms with van der Waals surface area (Å²) < 4.78 is 10.2. The van der Waals surface area contributed by atoms with Gasteiger partial charge < -0.3 is 7.80 Å². The van der Waals surface area contributed by atoms with Crippen LogP contribution in [0, 0.1) is 6.92 Å². The molecule has 0 aromatic heterocycles. The molecule has 0 amide bonds. The third-order valence-corrected chi connectivity index (χ3v) is 1.91. The highest BCUT2D eigenvalue weighted by molar-refractivity contribution is 14.1. The summed E-state index contributed by atoms with van der Waals surface area (Å²) in [5.41, 5.74) is 1.08. The molecule has 0 aliphatic heterocycles. The molecule has 3 heteroatoms. The monoisotopic (exact) mass is 264 g/mol. The maximum atomic E-state index is 5.11. The van der Waals surface area contributed by atoms with Gasteiger partial charge >= 0.3 is 0 Å². The van der Waals surface area contributed by atoms with Crippen LogP contribution in [-0.2, 0) is 0 Å². The van der Waals surface area contributed by atoms with E-state index < -0.39 is 0 Å². The van der Waals surface area contributed by atoms with Gasteiger partial charge in [0.15, 0.2) is 34.5 Å². The molecule has 0 bridgehead atoms. The minimum Gasteiger partial charge on any atom is -0.493 e. The van der Waals surface area contributed by atoms with Crippen LogP contribution in [0.1, 0.15) is 5.56 Å². The second-order valence-electron chi connectivity index (χ2n) is 2.18. The van der Waals surface area contributed by atoms with Gasteiger partial charge in [-0.25, -0.2) is 0 Å². The minimum atomic E-state index is 0.777. The van der Waals surface area contributed by atoms with Crippen molar-refractivity contribution in [3.05, 3.63) is 23.8 Å². The Kier molecular flexibility index (Phi) is 2.99. The molecule has 0 aliphatic carbocycles. The Balaban J connectivity index is 3.13. The number of aryl methyl sites for hydroxylation is 1. The summed E-state index contributed by atoms with van der Waals surface area (Å²) in [7, 11) is 1.63. The fourth-order valence-electron chi connectivity index (χ4n) is 0.885. The molecule has 1 aromatic rings. The highest BCUT2D eigenvalue weighted by atomic mass is 127. The summed E-state index contributed by atoms with van der Waals surface area (Å²) in [4.78, 5) is 0. The van der Waals surface area contributed by atoms with Crippen molar-refractivity contribution >= 4 is 23.0 Å². The Morgan fingerprint density at radius 3 is 2.55 bits per heavy atom. The van der Waals surface area contributed by atoms with Gasteiger partial charge in [-0.3, -0.25) is 0 Å². The number of rotatable bonds is 2. The van der Waals surface area contributed by atoms with Crippen LogP contribution in [0.15, 0.2) is 18.2 Å². The van der Waals surface area contributed by atoms with E-state index in [9.17, 15) is 0 Å². The van der Waals surface area contributed by atoms with Crippen molar-refractivity contribution in [2.75, 3.05) is 7.11 Å². The fourth-order valence-corrected chi connectivity index (χ4v) is 1.45. The summed E-state index contributed by atoms with van der Waals surface area (Å²) >= 11 is 1.85. The highest BCUT2D eigenvalue weighted by Gasteiger charge is 2.04. The summed E-state index contributed by atoms with van der Waals surface area (Å²) in [6.45, 7) is 1.98. The van der Waals surface area contributed by atoms with Crippen LogP contribution in [-0.4, -0.2) is 7.11 Å². The minimum absolute atomic E-state index is 0.777. The van der Waals surface area contributed by atoms with Gasteiger partial charge in [0.25, 0.3) is 0 Å². The first kappa shape index (κ1) is 8.64. The number of ether oxygens (including phenoxy) is 1. The van der Waals surface area contributed by atoms with Gasteiger partial charge in [-0.1, -0.05) is 12.1 Å². The molecular formula is C8H9IO2. The van der Waals surface area contributed by atoms with Crippen LogP contribution >= 0.6 is 23.0 Å². The van der Waals surface area contributed by atoms with E-state index in [-0.39, 0.29) is 0 Å². The Labute approximate surface area is 80.2 Å². The van der Waals surface area contributed by atoms with Crippen LogP contribution in [0.5, 0.6) is 11.5 Å². The zero-order chi connectivity index (χ0) is 8.27. The van der Waals surface area contributed by atoms with Gasteiger partial charge in [0.1, 0.15) is 0 Å². The van der Waals surface area contributed by atoms with Gasteiger partial charge in [-0.05, 0) is 18.6 Å². The number of para-hydroxylation sites is 1. The molecule has 1 rings (SSSR count). The second-order valence-corrected chi connectivity index (χ2v) is 2.62. The van der Waals surface area contributed by atoms with Gasteiger partial charge in [0, 0.05) is 0 Å². The Morgan fingerprint density at radius 2 is 2.09 bits per heavy atom. The molecular weight excluding hydrogens is 255 g/mol. The molecule has 0 heterocycles. The lowest BCUT2D eigenvalue weighted by atomic mass is 10.2. The number of hydrogen-bond donors (Lipinski definition) is 0. The largest absolute Gasteiger partial charge is 0.493 e. The fraction of sp³-hybridized carbons (Fsp3) is 0.250. The zero-order valence-electron chi connectivity index (χ0n) is 6.43. The van der Waals surface area contributed by atoms with Crippen molar-refractivity contribution in [1.82, 2.24) is 0 Å². The third kappa shape index (κ3) is 1.77. The normalized spacial score (nSPS) is 9.36. The van der Waals surface area contributed by atoms with Crippen LogP contribution in [0.2, 0.25) is 0 Å². The second kappa shape index (κ2) is 3.80. The molecule has 1 aromatic carbocycles. The van der Waals surface area contributed by atoms with Crippen molar-refractivity contribution in [3.8, 4) is 11.5 Å². The maximum Gasteiger partial charge on any atom is 0.192 e. The molecule has 60 valence electrons. The lowest BCUT2D eigenvalue weighted by Gasteiger charge is -2.06. The van der Waals surface area contributed by atoms with Gasteiger partial charge in [0.2, 0.25) is 0 Å². The smallest absolute Gasteiger partial charge is 0.192 e. The zero-order valence-corrected chi connectivity index (χ0v) is 8.58. The number of methoxy groups -OCH3 is 1. The quantitative estimate of drug-likeness (QED) is 0.764. The lowest BCUT2D eigenvalue weighted by molar-refractivity contribution is 0.402. The van der Waals surface area contributed by atoms with Crippen molar-refractivity contribution in [2.24, 2.45) is 0 Å². The first-order valence-electron chi connectivity index (χ1n) is 3.21. The molecule has 11 heavy (non-hydrogen) atoms. The predicted octanol–water partition coefficient (Wildman–Crippen LogP) is 2.73. The Bertz CT molecular complexity index is 248. The van der Waals surface area contributed by atoms with Crippen molar-refractivity contribution < 1.29 is 7.80 Å². The van der Waals surface area contributed by atoms with Crippen LogP contribution in [0.3, 0.4) is 0 Å². The average molecular weight is 264 g/mol. The van der Waals surface area contributed by atoms with E-state index in [4.69, 9.17) is 7.80 Å². The van der Waals surface area contributed by atoms with Crippen molar-refractivity contribution in [2.45, 2.75) is 6.92 Å². The number of hydrogen-bond acceptors (Lipinski definition) is 2. The highest BCUT2D eigenvalue weighted by Crippen LogP contribution is 2.31. The third-order valence-electron chi connectivity index (χ3n) is 1.47. The molecule has 0 atom stereocenters. The Morgan fingerprint density at radius 1 is 1.36 bits per heavy atom. The van der Waals surface area contributed by atoms with Gasteiger partial charge in [0.05, 0.1) is 7.11 Å². The van der Waals surface area contributed by atoms with E-state index in [0.29, 0.717) is 0 Å². The van der Waals surface area contributed by atoms with Crippen LogP contribution in [0.25, 0.3) is 0 Å². The summed E-state index contributed by atoms with van der Waals surface area (Å²) in [5.74, 6) is 1.58. The van der Waals surface area contributed by atoms with Crippen molar-refractivity contribution in [1.29, 1.82) is 0 Å². The first-order valence-corrected chi connectivity index (χ1v) is 4.10. The predicted molar refractivity (Wildman–Crippen MR) is 52.4 cm³/mol. The van der Waals surface area contributed by atoms with E-state index in [1.165, 1.54) is 0 Å². The summed E-state index contributed by atoms with van der Waals surface area (Å²) in [6.07, 6.45) is 0. The van der Waals surface area contributed by atoms with Crippen molar-refractivity contribution in [3.63, 3.8) is 0 Å². The molecule has 0 unspecified atom stereocenters. The number of benzene rings is 1. The van der Waals surface area contributed by atoms with Gasteiger partial charge in [-0.2, -0.15) is 0 Å². The lowest BCUT2D eigenvalue weighted by Crippen LogP contribution is -1.88. The number of halogens is 1. The summed E-state index contributed by atoms with van der Waals surface area (Å²) in [6, 6.07) is 5.80. The van der Waals surface area contributed by atoms with E-state index in [0.717, 1.165) is 17.1 Å². The molecule has 0 N–H and O–H groups in total. The van der Waals surface area contributed by atoms with Crippen LogP contribution < -0.4 is 7.80 Å². The summed E-state index contributed by atoms with van der Waals surface area (Å²) in [5, 5.41) is 0. The molecule has 0 fully saturated rings. The van der Waals surface area contributed by atoms with E-state index in [1.54, 1.807) is 7.11 Å². The van der Waals surface area contributed by atoms with E-state index in [2.05, 4.69) is 0 Å². The molecule has 2 nitrogen and oxygen atoms in total. The topological polar surface area (TPSA) is 18.5 Å². The van der Waals surface area contributed by atoms with Crippen LogP contribution in [0.4, 0.5) is 0 Å². The van der Waals surface area contributed by atoms with E-state index in [1.807, 2.05) is 48.1 Å². The first-order chi connectivity index (χ1) is 5.29. The van der Waals surface area contributed by atoms with E-state index >= 15 is 0 Å².